The second-order valence-corrected chi connectivity index (χ2v) is 1.97. The molecule has 4 nitrogen and oxygen atoms in total. The Hall–Kier alpha value is -0.528. The van der Waals surface area contributed by atoms with Gasteiger partial charge in [0.15, 0.2) is 0 Å². The number of para-hydroxylation sites is 1. The summed E-state index contributed by atoms with van der Waals surface area (Å²) in [6.07, 6.45) is 0. The maximum absolute atomic E-state index is 8.95. The van der Waals surface area contributed by atoms with Gasteiger partial charge in [-0.3, -0.25) is 0 Å². The monoisotopic (exact) mass is 373 g/mol. The molecular formula is C6H5N3OU. The van der Waals surface area contributed by atoms with E-state index in [-0.39, 0.29) is 31.1 Å². The van der Waals surface area contributed by atoms with Crippen molar-refractivity contribution in [2.45, 2.75) is 0 Å². The summed E-state index contributed by atoms with van der Waals surface area (Å²) in [5.74, 6) is 0. The van der Waals surface area contributed by atoms with Crippen LogP contribution in [0.1, 0.15) is 0 Å². The fourth-order valence-electron chi connectivity index (χ4n) is 0.857. The minimum absolute atomic E-state index is 0. The fraction of sp³-hybridized carbons (Fsp3) is 0. The molecule has 0 saturated carbocycles. The summed E-state index contributed by atoms with van der Waals surface area (Å²) in [5, 5.41) is 16.1. The third kappa shape index (κ3) is 1.39. The zero-order valence-electron chi connectivity index (χ0n) is 5.60. The fourth-order valence-corrected chi connectivity index (χ4v) is 0.857. The molecule has 0 unspecified atom stereocenters. The summed E-state index contributed by atoms with van der Waals surface area (Å²) in [6.45, 7) is 0. The molecule has 0 aliphatic heterocycles. The summed E-state index contributed by atoms with van der Waals surface area (Å²) >= 11 is 0. The molecule has 0 saturated heterocycles. The number of benzene rings is 1. The third-order valence-electron chi connectivity index (χ3n) is 1.33. The first kappa shape index (κ1) is 8.57. The van der Waals surface area contributed by atoms with Gasteiger partial charge in [-0.2, -0.15) is 0 Å². The summed E-state index contributed by atoms with van der Waals surface area (Å²) in [7, 11) is 0. The van der Waals surface area contributed by atoms with Crippen molar-refractivity contribution in [3.05, 3.63) is 24.3 Å². The van der Waals surface area contributed by atoms with Gasteiger partial charge in [-0.15, -0.1) is 5.10 Å². The van der Waals surface area contributed by atoms with Crippen molar-refractivity contribution in [2.24, 2.45) is 0 Å². The van der Waals surface area contributed by atoms with Gasteiger partial charge in [0.05, 0.1) is 0 Å². The molecule has 0 amide bonds. The molecule has 1 N–H and O–H groups in total. The van der Waals surface area contributed by atoms with E-state index in [2.05, 4.69) is 10.3 Å². The Labute approximate surface area is 86.5 Å². The van der Waals surface area contributed by atoms with Gasteiger partial charge in [0.25, 0.3) is 0 Å². The van der Waals surface area contributed by atoms with Gasteiger partial charge in [-0.1, -0.05) is 17.0 Å². The van der Waals surface area contributed by atoms with Crippen LogP contribution < -0.4 is 0 Å². The van der Waals surface area contributed by atoms with E-state index in [1.54, 1.807) is 12.1 Å². The molecular weight excluding hydrogens is 368 g/mol. The molecule has 5 heteroatoms. The largest absolute Gasteiger partial charge is 0.410 e. The molecule has 11 heavy (non-hydrogen) atoms. The van der Waals surface area contributed by atoms with Crippen LogP contribution in [0.25, 0.3) is 11.0 Å². The molecule has 1 heterocycles. The van der Waals surface area contributed by atoms with E-state index in [4.69, 9.17) is 5.21 Å². The minimum atomic E-state index is 0. The van der Waals surface area contributed by atoms with Crippen LogP contribution in [-0.2, 0) is 0 Å². The molecule has 0 aliphatic rings. The molecule has 2 aromatic rings. The summed E-state index contributed by atoms with van der Waals surface area (Å²) < 4.78 is 0. The van der Waals surface area contributed by atoms with Crippen molar-refractivity contribution >= 4 is 11.0 Å². The first-order valence-electron chi connectivity index (χ1n) is 2.87. The average Bonchev–Trinajstić information content (AvgIpc) is 2.34. The first-order chi connectivity index (χ1) is 4.88. The summed E-state index contributed by atoms with van der Waals surface area (Å²) in [4.78, 5) is 0.759. The number of rotatable bonds is 0. The van der Waals surface area contributed by atoms with Gasteiger partial charge >= 0.3 is 0 Å². The Bertz CT molecular complexity index is 359. The van der Waals surface area contributed by atoms with Crippen LogP contribution in [0, 0.1) is 31.1 Å². The van der Waals surface area contributed by atoms with Crippen molar-refractivity contribution < 1.29 is 36.3 Å². The van der Waals surface area contributed by atoms with Crippen molar-refractivity contribution in [1.82, 2.24) is 15.2 Å². The number of nitrogens with zero attached hydrogens (tertiary/aromatic N) is 3. The summed E-state index contributed by atoms with van der Waals surface area (Å²) in [5.41, 5.74) is 1.33. The van der Waals surface area contributed by atoms with Crippen LogP contribution in [0.3, 0.4) is 0 Å². The van der Waals surface area contributed by atoms with Gasteiger partial charge in [-0.05, 0) is 17.3 Å². The molecule has 54 valence electrons. The van der Waals surface area contributed by atoms with E-state index in [0.29, 0.717) is 11.0 Å². The number of hydrogen-bond acceptors (Lipinski definition) is 3. The van der Waals surface area contributed by atoms with E-state index < -0.39 is 0 Å². The Balaban J connectivity index is 0.000000605. The van der Waals surface area contributed by atoms with E-state index in [9.17, 15) is 0 Å². The Morgan fingerprint density at radius 3 is 2.73 bits per heavy atom. The summed E-state index contributed by atoms with van der Waals surface area (Å²) in [6, 6.07) is 7.19. The van der Waals surface area contributed by atoms with E-state index in [0.717, 1.165) is 4.85 Å². The van der Waals surface area contributed by atoms with Crippen molar-refractivity contribution in [1.29, 1.82) is 0 Å². The number of hydrogen-bond donors (Lipinski definition) is 1. The van der Waals surface area contributed by atoms with E-state index in [1.165, 1.54) is 0 Å². The maximum Gasteiger partial charge on any atom is 0.130 e. The van der Waals surface area contributed by atoms with Crippen molar-refractivity contribution in [2.75, 3.05) is 0 Å². The van der Waals surface area contributed by atoms with Crippen LogP contribution >= 0.6 is 0 Å². The molecule has 0 atom stereocenters. The maximum atomic E-state index is 8.95. The SMILES string of the molecule is On1nnc2ccccc21.[U]. The van der Waals surface area contributed by atoms with E-state index in [1.807, 2.05) is 12.1 Å². The number of fused-ring (bicyclic) bond motifs is 1. The topological polar surface area (TPSA) is 50.9 Å². The molecule has 0 bridgehead atoms. The van der Waals surface area contributed by atoms with Gasteiger partial charge in [0.2, 0.25) is 0 Å². The number of aromatic nitrogens is 3. The predicted molar refractivity (Wildman–Crippen MR) is 34.7 cm³/mol. The molecule has 0 radical (unpaired) electrons. The molecule has 0 aliphatic carbocycles. The van der Waals surface area contributed by atoms with Gasteiger partial charge in [0.1, 0.15) is 11.0 Å². The van der Waals surface area contributed by atoms with Crippen molar-refractivity contribution in [3.8, 4) is 0 Å². The predicted octanol–water partition coefficient (Wildman–Crippen LogP) is 0.669. The van der Waals surface area contributed by atoms with Crippen molar-refractivity contribution in [3.63, 3.8) is 0 Å². The second kappa shape index (κ2) is 3.25. The molecule has 0 spiro atoms. The quantitative estimate of drug-likeness (QED) is 0.691. The van der Waals surface area contributed by atoms with Gasteiger partial charge in [0, 0.05) is 31.1 Å². The molecule has 2 rings (SSSR count). The zero-order valence-corrected chi connectivity index (χ0v) is 9.76. The standard InChI is InChI=1S/C6H5N3O.U/c10-9-6-4-2-1-3-5(6)7-8-9;/h1-4,10H;. The normalized spacial score (nSPS) is 9.45. The molecule has 1 aromatic heterocycles. The first-order valence-corrected chi connectivity index (χ1v) is 2.87. The van der Waals surface area contributed by atoms with Crippen LogP contribution in [0.2, 0.25) is 0 Å². The minimum Gasteiger partial charge on any atom is -0.410 e. The zero-order chi connectivity index (χ0) is 6.97. The van der Waals surface area contributed by atoms with E-state index >= 15 is 0 Å². The van der Waals surface area contributed by atoms with Crippen LogP contribution in [-0.4, -0.2) is 20.4 Å². The third-order valence-corrected chi connectivity index (χ3v) is 1.33. The van der Waals surface area contributed by atoms with Crippen LogP contribution in [0.5, 0.6) is 0 Å². The Kier molecular flexibility index (Phi) is 2.53. The van der Waals surface area contributed by atoms with Gasteiger partial charge in [-0.25, -0.2) is 0 Å². The van der Waals surface area contributed by atoms with Crippen LogP contribution in [0.15, 0.2) is 24.3 Å². The van der Waals surface area contributed by atoms with Crippen LogP contribution in [0.4, 0.5) is 0 Å². The second-order valence-electron chi connectivity index (χ2n) is 1.97. The van der Waals surface area contributed by atoms with Gasteiger partial charge < -0.3 is 5.21 Å². The average molecular weight is 373 g/mol. The Morgan fingerprint density at radius 2 is 2.00 bits per heavy atom. The Morgan fingerprint density at radius 1 is 1.27 bits per heavy atom. The molecule has 0 fully saturated rings. The molecule has 1 aromatic carbocycles. The smallest absolute Gasteiger partial charge is 0.130 e.